The van der Waals surface area contributed by atoms with Crippen molar-refractivity contribution < 1.29 is 4.74 Å². The fourth-order valence-corrected chi connectivity index (χ4v) is 4.84. The molecule has 3 heterocycles. The number of morpholine rings is 1. The van der Waals surface area contributed by atoms with Crippen molar-refractivity contribution >= 4 is 11.3 Å². The van der Waals surface area contributed by atoms with Gasteiger partial charge in [0.15, 0.2) is 0 Å². The molecule has 146 valence electrons. The summed E-state index contributed by atoms with van der Waals surface area (Å²) in [4.78, 5) is 2.69. The van der Waals surface area contributed by atoms with E-state index < -0.39 is 0 Å². The molecule has 1 aliphatic heterocycles. The molecule has 5 rings (SSSR count). The second kappa shape index (κ2) is 7.36. The zero-order chi connectivity index (χ0) is 18.1. The van der Waals surface area contributed by atoms with Crippen LogP contribution in [0, 0.1) is 0 Å². The molecule has 0 atom stereocenters. The van der Waals surface area contributed by atoms with Crippen LogP contribution >= 0.6 is 0 Å². The molecule has 2 saturated carbocycles. The third kappa shape index (κ3) is 3.55. The molecule has 3 fully saturated rings. The SMILES string of the molecule is c1c(C2CC2)nn2cnnc2c1NCC1(N2CCOCC2)CCCCCC1. The van der Waals surface area contributed by atoms with Gasteiger partial charge in [-0.1, -0.05) is 25.7 Å². The van der Waals surface area contributed by atoms with Gasteiger partial charge in [-0.05, 0) is 31.7 Å². The maximum Gasteiger partial charge on any atom is 0.200 e. The molecule has 7 heteroatoms. The topological polar surface area (TPSA) is 67.6 Å². The summed E-state index contributed by atoms with van der Waals surface area (Å²) in [6.45, 7) is 4.77. The summed E-state index contributed by atoms with van der Waals surface area (Å²) in [5.41, 5.74) is 3.32. The number of nitrogens with zero attached hydrogens (tertiary/aromatic N) is 5. The van der Waals surface area contributed by atoms with Crippen molar-refractivity contribution in [2.75, 3.05) is 38.2 Å². The first-order chi connectivity index (χ1) is 13.3. The summed E-state index contributed by atoms with van der Waals surface area (Å²) in [6.07, 6.45) is 12.1. The lowest BCUT2D eigenvalue weighted by atomic mass is 9.87. The van der Waals surface area contributed by atoms with Gasteiger partial charge in [0.25, 0.3) is 0 Å². The highest BCUT2D eigenvalue weighted by Crippen LogP contribution is 2.40. The van der Waals surface area contributed by atoms with Gasteiger partial charge >= 0.3 is 0 Å². The third-order valence-electron chi connectivity index (χ3n) is 6.61. The van der Waals surface area contributed by atoms with Crippen LogP contribution in [0.5, 0.6) is 0 Å². The molecule has 7 nitrogen and oxygen atoms in total. The van der Waals surface area contributed by atoms with Crippen molar-refractivity contribution in [3.05, 3.63) is 18.1 Å². The van der Waals surface area contributed by atoms with Crippen molar-refractivity contribution in [1.82, 2.24) is 24.7 Å². The minimum atomic E-state index is 0.223. The smallest absolute Gasteiger partial charge is 0.200 e. The van der Waals surface area contributed by atoms with Gasteiger partial charge < -0.3 is 10.1 Å². The van der Waals surface area contributed by atoms with E-state index >= 15 is 0 Å². The largest absolute Gasteiger partial charge is 0.380 e. The number of fused-ring (bicyclic) bond motifs is 1. The Morgan fingerprint density at radius 3 is 2.63 bits per heavy atom. The predicted molar refractivity (Wildman–Crippen MR) is 104 cm³/mol. The van der Waals surface area contributed by atoms with Crippen molar-refractivity contribution in [1.29, 1.82) is 0 Å². The monoisotopic (exact) mass is 370 g/mol. The summed E-state index contributed by atoms with van der Waals surface area (Å²) in [5.74, 6) is 0.614. The Bertz CT molecular complexity index is 772. The number of hydrogen-bond donors (Lipinski definition) is 1. The zero-order valence-electron chi connectivity index (χ0n) is 16.1. The molecular weight excluding hydrogens is 340 g/mol. The van der Waals surface area contributed by atoms with Crippen molar-refractivity contribution in [2.24, 2.45) is 0 Å². The first-order valence-electron chi connectivity index (χ1n) is 10.6. The summed E-state index contributed by atoms with van der Waals surface area (Å²) < 4.78 is 7.47. The molecule has 1 saturated heterocycles. The Hall–Kier alpha value is -1.73. The number of anilines is 1. The van der Waals surface area contributed by atoms with Crippen LogP contribution in [0.2, 0.25) is 0 Å². The van der Waals surface area contributed by atoms with Crippen LogP contribution in [0.3, 0.4) is 0 Å². The van der Waals surface area contributed by atoms with Crippen LogP contribution in [0.25, 0.3) is 5.65 Å². The van der Waals surface area contributed by atoms with Gasteiger partial charge in [-0.2, -0.15) is 9.61 Å². The van der Waals surface area contributed by atoms with E-state index in [1.54, 1.807) is 6.33 Å². The Balaban J connectivity index is 1.41. The fraction of sp³-hybridized carbons (Fsp3) is 0.750. The van der Waals surface area contributed by atoms with Crippen LogP contribution in [-0.4, -0.2) is 63.1 Å². The normalized spacial score (nSPS) is 24.0. The van der Waals surface area contributed by atoms with Crippen LogP contribution in [0.4, 0.5) is 5.69 Å². The van der Waals surface area contributed by atoms with Crippen molar-refractivity contribution in [3.8, 4) is 0 Å². The first kappa shape index (κ1) is 17.4. The van der Waals surface area contributed by atoms with Crippen LogP contribution in [0.1, 0.15) is 63.0 Å². The summed E-state index contributed by atoms with van der Waals surface area (Å²) in [5, 5.41) is 16.9. The van der Waals surface area contributed by atoms with Gasteiger partial charge in [-0.15, -0.1) is 10.2 Å². The number of hydrogen-bond acceptors (Lipinski definition) is 6. The lowest BCUT2D eigenvalue weighted by molar-refractivity contribution is -0.0240. The lowest BCUT2D eigenvalue weighted by Gasteiger charge is -2.46. The van der Waals surface area contributed by atoms with E-state index in [1.165, 1.54) is 57.1 Å². The predicted octanol–water partition coefficient (Wildman–Crippen LogP) is 2.84. The van der Waals surface area contributed by atoms with Gasteiger partial charge in [0.05, 0.1) is 24.6 Å². The molecule has 0 radical (unpaired) electrons. The second-order valence-corrected chi connectivity index (χ2v) is 8.45. The maximum atomic E-state index is 5.63. The fourth-order valence-electron chi connectivity index (χ4n) is 4.84. The molecule has 0 spiro atoms. The van der Waals surface area contributed by atoms with Gasteiger partial charge in [-0.3, -0.25) is 4.90 Å². The van der Waals surface area contributed by atoms with E-state index in [0.717, 1.165) is 44.2 Å². The molecular formula is C20H30N6O. The number of ether oxygens (including phenoxy) is 1. The lowest BCUT2D eigenvalue weighted by Crippen LogP contribution is -2.56. The molecule has 1 N–H and O–H groups in total. The van der Waals surface area contributed by atoms with E-state index in [1.807, 2.05) is 4.52 Å². The van der Waals surface area contributed by atoms with E-state index in [9.17, 15) is 0 Å². The van der Waals surface area contributed by atoms with Gasteiger partial charge in [-0.25, -0.2) is 0 Å². The summed E-state index contributed by atoms with van der Waals surface area (Å²) in [7, 11) is 0. The Morgan fingerprint density at radius 2 is 1.89 bits per heavy atom. The minimum Gasteiger partial charge on any atom is -0.380 e. The summed E-state index contributed by atoms with van der Waals surface area (Å²) >= 11 is 0. The van der Waals surface area contributed by atoms with E-state index in [4.69, 9.17) is 9.84 Å². The first-order valence-corrected chi connectivity index (χ1v) is 10.6. The van der Waals surface area contributed by atoms with Crippen LogP contribution < -0.4 is 5.32 Å². The molecule has 3 aliphatic rings. The molecule has 2 aliphatic carbocycles. The average molecular weight is 371 g/mol. The Labute approximate surface area is 160 Å². The Kier molecular flexibility index (Phi) is 4.73. The van der Waals surface area contributed by atoms with Gasteiger partial charge in [0.1, 0.15) is 6.33 Å². The van der Waals surface area contributed by atoms with Gasteiger partial charge in [0, 0.05) is 31.1 Å². The van der Waals surface area contributed by atoms with E-state index in [0.29, 0.717) is 5.92 Å². The van der Waals surface area contributed by atoms with Crippen molar-refractivity contribution in [2.45, 2.75) is 62.8 Å². The molecule has 0 unspecified atom stereocenters. The molecule has 2 aromatic heterocycles. The number of nitrogens with one attached hydrogen (secondary N) is 1. The molecule has 27 heavy (non-hydrogen) atoms. The highest BCUT2D eigenvalue weighted by molar-refractivity contribution is 5.67. The highest BCUT2D eigenvalue weighted by Gasteiger charge is 2.38. The average Bonchev–Trinajstić information content (AvgIpc) is 3.50. The standard InChI is InChI=1S/C20H30N6O/c1-2-4-8-20(7-3-1,25-9-11-27-12-10-25)14-21-18-13-17(16-5-6-16)24-26-15-22-23-19(18)26/h13,15-16,21H,1-12,14H2. The minimum absolute atomic E-state index is 0.223. The number of rotatable bonds is 5. The second-order valence-electron chi connectivity index (χ2n) is 8.45. The molecule has 0 amide bonds. The quantitative estimate of drug-likeness (QED) is 0.817. The molecule has 0 aromatic carbocycles. The van der Waals surface area contributed by atoms with E-state index in [-0.39, 0.29) is 5.54 Å². The Morgan fingerprint density at radius 1 is 1.11 bits per heavy atom. The van der Waals surface area contributed by atoms with Crippen LogP contribution in [-0.2, 0) is 4.74 Å². The van der Waals surface area contributed by atoms with E-state index in [2.05, 4.69) is 26.5 Å². The highest BCUT2D eigenvalue weighted by atomic mass is 16.5. The summed E-state index contributed by atoms with van der Waals surface area (Å²) in [6, 6.07) is 2.21. The van der Waals surface area contributed by atoms with Crippen LogP contribution in [0.15, 0.2) is 12.4 Å². The number of aromatic nitrogens is 4. The van der Waals surface area contributed by atoms with Gasteiger partial charge in [0.2, 0.25) is 5.65 Å². The van der Waals surface area contributed by atoms with Crippen molar-refractivity contribution in [3.63, 3.8) is 0 Å². The zero-order valence-corrected chi connectivity index (χ0v) is 16.1. The molecule has 2 aromatic rings. The maximum absolute atomic E-state index is 5.63. The third-order valence-corrected chi connectivity index (χ3v) is 6.61. The molecule has 0 bridgehead atoms.